The third-order valence-corrected chi connectivity index (χ3v) is 10.8. The predicted octanol–water partition coefficient (Wildman–Crippen LogP) is 16.7. The largest absolute Gasteiger partial charge is 0.392 e. The standard InChI is InChI=1S/C50H88O/c1-41(2)21-12-22-42(3)23-13-24-43(4)25-14-26-44(5)27-15-28-45(6)29-16-30-46(7)31-17-32-47(8)33-18-34-48(9)35-19-36-49(10)37-20-38-50(11)39-40-51/h27,29,31,33,35,37,39,41-43,51H,12-26,28,30,32,34,36,38,40H2,1-11H3. The van der Waals surface area contributed by atoms with Gasteiger partial charge in [-0.1, -0.05) is 154 Å². The normalized spacial score (nSPS) is 15.7. The summed E-state index contributed by atoms with van der Waals surface area (Å²) in [6.07, 6.45) is 42.9. The Labute approximate surface area is 321 Å². The monoisotopic (exact) mass is 705 g/mol. The van der Waals surface area contributed by atoms with Crippen LogP contribution in [-0.4, -0.2) is 11.7 Å². The molecule has 51 heavy (non-hydrogen) atoms. The fraction of sp³-hybridized carbons (Fsp3) is 0.720. The van der Waals surface area contributed by atoms with Gasteiger partial charge in [0.25, 0.3) is 0 Å². The van der Waals surface area contributed by atoms with E-state index in [9.17, 15) is 0 Å². The van der Waals surface area contributed by atoms with Gasteiger partial charge in [0.1, 0.15) is 0 Å². The Balaban J connectivity index is 4.12. The lowest BCUT2D eigenvalue weighted by Crippen LogP contribution is -2.00. The lowest BCUT2D eigenvalue weighted by Gasteiger charge is -2.15. The Bertz CT molecular complexity index is 1080. The van der Waals surface area contributed by atoms with Gasteiger partial charge >= 0.3 is 0 Å². The minimum absolute atomic E-state index is 0.152. The fourth-order valence-corrected chi connectivity index (χ4v) is 6.86. The van der Waals surface area contributed by atoms with Gasteiger partial charge in [-0.05, 0) is 156 Å². The molecule has 1 heteroatoms. The smallest absolute Gasteiger partial charge is 0.0614 e. The SMILES string of the molecule is CC(=CCO)CCC=C(C)CCC=C(C)CCC=C(C)CCC=C(C)CCC=C(C)CCC=C(C)CCCC(C)CCCC(C)CCCC(C)C. The molecule has 0 saturated heterocycles. The van der Waals surface area contributed by atoms with E-state index in [-0.39, 0.29) is 6.61 Å². The summed E-state index contributed by atoms with van der Waals surface area (Å²) in [7, 11) is 0. The zero-order valence-electron chi connectivity index (χ0n) is 36.3. The molecule has 0 fully saturated rings. The van der Waals surface area contributed by atoms with Crippen molar-refractivity contribution in [3.05, 3.63) is 81.5 Å². The van der Waals surface area contributed by atoms with E-state index in [1.54, 1.807) is 11.1 Å². The first-order valence-corrected chi connectivity index (χ1v) is 21.5. The summed E-state index contributed by atoms with van der Waals surface area (Å²) >= 11 is 0. The molecular formula is C50H88O. The molecule has 0 amide bonds. The predicted molar refractivity (Wildman–Crippen MR) is 234 cm³/mol. The summed E-state index contributed by atoms with van der Waals surface area (Å²) in [5.41, 5.74) is 10.5. The Morgan fingerprint density at radius 3 is 0.902 bits per heavy atom. The lowest BCUT2D eigenvalue weighted by atomic mass is 9.91. The van der Waals surface area contributed by atoms with Crippen molar-refractivity contribution in [1.29, 1.82) is 0 Å². The minimum Gasteiger partial charge on any atom is -0.392 e. The maximum Gasteiger partial charge on any atom is 0.0614 e. The summed E-state index contributed by atoms with van der Waals surface area (Å²) in [5.74, 6) is 2.64. The molecule has 0 spiro atoms. The lowest BCUT2D eigenvalue weighted by molar-refractivity contribution is 0.341. The zero-order chi connectivity index (χ0) is 38.3. The van der Waals surface area contributed by atoms with Crippen molar-refractivity contribution in [2.75, 3.05) is 6.61 Å². The number of hydrogen-bond donors (Lipinski definition) is 1. The van der Waals surface area contributed by atoms with E-state index in [2.05, 4.69) is 113 Å². The molecule has 2 unspecified atom stereocenters. The van der Waals surface area contributed by atoms with Gasteiger partial charge in [0, 0.05) is 0 Å². The van der Waals surface area contributed by atoms with Gasteiger partial charge in [-0.2, -0.15) is 0 Å². The maximum atomic E-state index is 8.98. The second kappa shape index (κ2) is 32.8. The summed E-state index contributed by atoms with van der Waals surface area (Å²) in [5, 5.41) is 8.98. The van der Waals surface area contributed by atoms with Gasteiger partial charge in [0.2, 0.25) is 0 Å². The van der Waals surface area contributed by atoms with Gasteiger partial charge in [-0.15, -0.1) is 0 Å². The Morgan fingerprint density at radius 1 is 0.353 bits per heavy atom. The molecule has 0 saturated carbocycles. The quantitative estimate of drug-likeness (QED) is 0.0712. The molecule has 0 bridgehead atoms. The van der Waals surface area contributed by atoms with Crippen LogP contribution in [0.4, 0.5) is 0 Å². The number of aliphatic hydroxyl groups excluding tert-OH is 1. The van der Waals surface area contributed by atoms with Crippen LogP contribution >= 0.6 is 0 Å². The van der Waals surface area contributed by atoms with Crippen LogP contribution < -0.4 is 0 Å². The molecule has 0 aromatic rings. The van der Waals surface area contributed by atoms with E-state index in [4.69, 9.17) is 5.11 Å². The first-order chi connectivity index (χ1) is 24.3. The van der Waals surface area contributed by atoms with Crippen molar-refractivity contribution in [3.8, 4) is 0 Å². The van der Waals surface area contributed by atoms with Crippen LogP contribution in [0, 0.1) is 17.8 Å². The Kier molecular flexibility index (Phi) is 31.6. The van der Waals surface area contributed by atoms with Crippen LogP contribution in [0.2, 0.25) is 0 Å². The molecule has 0 radical (unpaired) electrons. The van der Waals surface area contributed by atoms with Crippen molar-refractivity contribution >= 4 is 0 Å². The maximum absolute atomic E-state index is 8.98. The van der Waals surface area contributed by atoms with Crippen molar-refractivity contribution in [2.45, 2.75) is 211 Å². The summed E-state index contributed by atoms with van der Waals surface area (Å²) in [6.45, 7) is 25.7. The Hall–Kier alpha value is -1.86. The molecule has 0 aliphatic heterocycles. The van der Waals surface area contributed by atoms with E-state index in [1.807, 2.05) is 6.08 Å². The molecule has 0 heterocycles. The molecule has 2 atom stereocenters. The summed E-state index contributed by atoms with van der Waals surface area (Å²) in [6, 6.07) is 0. The van der Waals surface area contributed by atoms with E-state index in [0.29, 0.717) is 0 Å². The van der Waals surface area contributed by atoms with Crippen molar-refractivity contribution in [2.24, 2.45) is 17.8 Å². The fourth-order valence-electron chi connectivity index (χ4n) is 6.86. The highest BCUT2D eigenvalue weighted by Gasteiger charge is 2.07. The third kappa shape index (κ3) is 33.7. The van der Waals surface area contributed by atoms with Gasteiger partial charge in [-0.25, -0.2) is 0 Å². The number of hydrogen-bond acceptors (Lipinski definition) is 1. The highest BCUT2D eigenvalue weighted by molar-refractivity contribution is 5.09. The minimum atomic E-state index is 0.152. The second-order valence-corrected chi connectivity index (χ2v) is 17.1. The molecular weight excluding hydrogens is 617 g/mol. The molecule has 0 aromatic carbocycles. The van der Waals surface area contributed by atoms with E-state index in [0.717, 1.165) is 56.3 Å². The molecule has 0 rings (SSSR count). The van der Waals surface area contributed by atoms with Crippen LogP contribution in [0.25, 0.3) is 0 Å². The molecule has 1 N–H and O–H groups in total. The first-order valence-electron chi connectivity index (χ1n) is 21.5. The molecule has 1 nitrogen and oxygen atoms in total. The second-order valence-electron chi connectivity index (χ2n) is 17.1. The third-order valence-electron chi connectivity index (χ3n) is 10.8. The average Bonchev–Trinajstić information content (AvgIpc) is 3.04. The van der Waals surface area contributed by atoms with Crippen molar-refractivity contribution in [1.82, 2.24) is 0 Å². The first kappa shape index (κ1) is 49.1. The molecule has 0 aliphatic carbocycles. The van der Waals surface area contributed by atoms with E-state index >= 15 is 0 Å². The average molecular weight is 705 g/mol. The van der Waals surface area contributed by atoms with Gasteiger partial charge < -0.3 is 5.11 Å². The summed E-state index contributed by atoms with van der Waals surface area (Å²) in [4.78, 5) is 0. The van der Waals surface area contributed by atoms with Crippen molar-refractivity contribution in [3.63, 3.8) is 0 Å². The highest BCUT2D eigenvalue weighted by Crippen LogP contribution is 2.23. The zero-order valence-corrected chi connectivity index (χ0v) is 36.3. The highest BCUT2D eigenvalue weighted by atomic mass is 16.2. The number of allylic oxidation sites excluding steroid dienone is 13. The van der Waals surface area contributed by atoms with E-state index in [1.165, 1.54) is 124 Å². The van der Waals surface area contributed by atoms with Crippen molar-refractivity contribution < 1.29 is 5.11 Å². The number of aliphatic hydroxyl groups is 1. The van der Waals surface area contributed by atoms with Crippen LogP contribution in [0.1, 0.15) is 211 Å². The number of rotatable bonds is 31. The summed E-state index contributed by atoms with van der Waals surface area (Å²) < 4.78 is 0. The van der Waals surface area contributed by atoms with Crippen LogP contribution in [0.15, 0.2) is 81.5 Å². The molecule has 0 aromatic heterocycles. The van der Waals surface area contributed by atoms with Crippen LogP contribution in [-0.2, 0) is 0 Å². The van der Waals surface area contributed by atoms with Crippen LogP contribution in [0.5, 0.6) is 0 Å². The van der Waals surface area contributed by atoms with Gasteiger partial charge in [0.05, 0.1) is 6.61 Å². The van der Waals surface area contributed by atoms with Gasteiger partial charge in [0.15, 0.2) is 0 Å². The van der Waals surface area contributed by atoms with Crippen LogP contribution in [0.3, 0.4) is 0 Å². The topological polar surface area (TPSA) is 20.2 Å². The Morgan fingerprint density at radius 2 is 0.608 bits per heavy atom. The van der Waals surface area contributed by atoms with E-state index < -0.39 is 0 Å². The molecule has 294 valence electrons. The van der Waals surface area contributed by atoms with Gasteiger partial charge in [-0.3, -0.25) is 0 Å². The molecule has 0 aliphatic rings.